The maximum Gasteiger partial charge on any atom is 0.264 e. The summed E-state index contributed by atoms with van der Waals surface area (Å²) in [6.45, 7) is 3.00. The van der Waals surface area contributed by atoms with Gasteiger partial charge in [-0.25, -0.2) is 8.42 Å². The second-order valence-electron chi connectivity index (χ2n) is 10.6. The molecule has 0 saturated carbocycles. The van der Waals surface area contributed by atoms with E-state index in [0.29, 0.717) is 21.4 Å². The van der Waals surface area contributed by atoms with Crippen molar-refractivity contribution in [3.05, 3.63) is 124 Å². The van der Waals surface area contributed by atoms with Gasteiger partial charge in [-0.05, 0) is 73.5 Å². The average Bonchev–Trinajstić information content (AvgIpc) is 3.03. The van der Waals surface area contributed by atoms with Crippen LogP contribution in [-0.2, 0) is 32.6 Å². The Labute approximate surface area is 274 Å². The molecule has 0 bridgehead atoms. The maximum absolute atomic E-state index is 14.5. The zero-order valence-corrected chi connectivity index (χ0v) is 27.5. The molecule has 4 aromatic rings. The average molecular weight is 669 g/mol. The summed E-state index contributed by atoms with van der Waals surface area (Å²) in [4.78, 5) is 29.7. The van der Waals surface area contributed by atoms with Gasteiger partial charge in [0.25, 0.3) is 10.0 Å². The Balaban J connectivity index is 1.82. The quantitative estimate of drug-likeness (QED) is 0.179. The molecule has 4 rings (SSSR count). The van der Waals surface area contributed by atoms with E-state index in [2.05, 4.69) is 5.32 Å². The molecule has 0 fully saturated rings. The first-order valence-electron chi connectivity index (χ1n) is 14.3. The van der Waals surface area contributed by atoms with Crippen LogP contribution in [0.2, 0.25) is 10.0 Å². The predicted molar refractivity (Wildman–Crippen MR) is 178 cm³/mol. The number of hydrogen-bond acceptors (Lipinski definition) is 5. The Hall–Kier alpha value is -4.05. The summed E-state index contributed by atoms with van der Waals surface area (Å²) in [6.07, 6.45) is 0.185. The molecule has 1 atom stereocenters. The van der Waals surface area contributed by atoms with Crippen molar-refractivity contribution in [1.29, 1.82) is 0 Å². The number of sulfonamides is 1. The molecule has 0 saturated heterocycles. The monoisotopic (exact) mass is 667 g/mol. The van der Waals surface area contributed by atoms with E-state index in [0.717, 1.165) is 9.87 Å². The SMILES string of the molecule is COc1ccc(N(CC(=O)N(Cc2ccc(Cl)cc2Cl)[C@H](Cc2ccccc2)C(=O)NC(C)C)S(=O)(=O)c2ccccc2)cc1. The summed E-state index contributed by atoms with van der Waals surface area (Å²) in [7, 11) is -2.71. The first-order chi connectivity index (χ1) is 21.5. The van der Waals surface area contributed by atoms with E-state index >= 15 is 0 Å². The fourth-order valence-corrected chi connectivity index (χ4v) is 6.67. The second-order valence-corrected chi connectivity index (χ2v) is 13.4. The molecule has 11 heteroatoms. The third-order valence-electron chi connectivity index (χ3n) is 7.03. The third-order valence-corrected chi connectivity index (χ3v) is 9.40. The van der Waals surface area contributed by atoms with E-state index in [4.69, 9.17) is 27.9 Å². The lowest BCUT2D eigenvalue weighted by Crippen LogP contribution is -2.54. The highest BCUT2D eigenvalue weighted by molar-refractivity contribution is 7.92. The predicted octanol–water partition coefficient (Wildman–Crippen LogP) is 6.36. The Bertz CT molecular complexity index is 1700. The Morgan fingerprint density at radius 3 is 2.07 bits per heavy atom. The number of hydrogen-bond donors (Lipinski definition) is 1. The molecule has 0 unspecified atom stereocenters. The third kappa shape index (κ3) is 8.78. The summed E-state index contributed by atoms with van der Waals surface area (Å²) in [5.74, 6) is -0.459. The molecule has 1 N–H and O–H groups in total. The van der Waals surface area contributed by atoms with Crippen molar-refractivity contribution in [1.82, 2.24) is 10.2 Å². The van der Waals surface area contributed by atoms with Crippen molar-refractivity contribution < 1.29 is 22.7 Å². The van der Waals surface area contributed by atoms with Gasteiger partial charge in [0.05, 0.1) is 17.7 Å². The molecule has 0 radical (unpaired) electrons. The van der Waals surface area contributed by atoms with Gasteiger partial charge in [0.2, 0.25) is 11.8 Å². The van der Waals surface area contributed by atoms with Gasteiger partial charge >= 0.3 is 0 Å². The van der Waals surface area contributed by atoms with Crippen LogP contribution in [0.3, 0.4) is 0 Å². The van der Waals surface area contributed by atoms with Crippen LogP contribution in [0.4, 0.5) is 5.69 Å². The molecule has 0 heterocycles. The van der Waals surface area contributed by atoms with Crippen molar-refractivity contribution in [3.63, 3.8) is 0 Å². The van der Waals surface area contributed by atoms with Crippen LogP contribution in [-0.4, -0.2) is 50.9 Å². The van der Waals surface area contributed by atoms with Crippen LogP contribution >= 0.6 is 23.2 Å². The van der Waals surface area contributed by atoms with Crippen molar-refractivity contribution in [2.24, 2.45) is 0 Å². The van der Waals surface area contributed by atoms with E-state index in [1.54, 1.807) is 60.7 Å². The summed E-state index contributed by atoms with van der Waals surface area (Å²) in [6, 6.07) is 27.3. The highest BCUT2D eigenvalue weighted by atomic mass is 35.5. The second kappa shape index (κ2) is 15.3. The maximum atomic E-state index is 14.5. The molecule has 0 aromatic heterocycles. The molecule has 4 aromatic carbocycles. The molecular formula is C34H35Cl2N3O5S. The van der Waals surface area contributed by atoms with E-state index in [9.17, 15) is 18.0 Å². The van der Waals surface area contributed by atoms with E-state index in [1.165, 1.54) is 24.1 Å². The van der Waals surface area contributed by atoms with Gasteiger partial charge in [-0.1, -0.05) is 77.8 Å². The Morgan fingerprint density at radius 2 is 1.49 bits per heavy atom. The van der Waals surface area contributed by atoms with Crippen molar-refractivity contribution in [2.45, 2.75) is 43.8 Å². The minimum Gasteiger partial charge on any atom is -0.497 e. The molecule has 0 spiro atoms. The zero-order valence-electron chi connectivity index (χ0n) is 25.2. The fraction of sp³-hybridized carbons (Fsp3) is 0.235. The zero-order chi connectivity index (χ0) is 32.6. The van der Waals surface area contributed by atoms with E-state index < -0.39 is 28.5 Å². The van der Waals surface area contributed by atoms with Gasteiger partial charge in [-0.15, -0.1) is 0 Å². The number of nitrogens with zero attached hydrogens (tertiary/aromatic N) is 2. The first-order valence-corrected chi connectivity index (χ1v) is 16.5. The van der Waals surface area contributed by atoms with Gasteiger partial charge in [-0.3, -0.25) is 13.9 Å². The van der Waals surface area contributed by atoms with Crippen LogP contribution in [0, 0.1) is 0 Å². The Morgan fingerprint density at radius 1 is 0.867 bits per heavy atom. The number of carbonyl (C=O) groups excluding carboxylic acids is 2. The van der Waals surface area contributed by atoms with Crippen molar-refractivity contribution in [2.75, 3.05) is 18.0 Å². The van der Waals surface area contributed by atoms with E-state index in [1.807, 2.05) is 44.2 Å². The van der Waals surface area contributed by atoms with Crippen LogP contribution in [0.25, 0.3) is 0 Å². The summed E-state index contributed by atoms with van der Waals surface area (Å²) >= 11 is 12.7. The standard InChI is InChI=1S/C34H35Cl2N3O5S/c1-24(2)37-34(41)32(20-25-10-6-4-7-11-25)38(22-26-14-15-27(35)21-31(26)36)33(40)23-39(28-16-18-29(44-3)19-17-28)45(42,43)30-12-8-5-9-13-30/h4-19,21,24,32H,20,22-23H2,1-3H3,(H,37,41)/t32-/m1/s1. The van der Waals surface area contributed by atoms with Crippen LogP contribution in [0.1, 0.15) is 25.0 Å². The minimum absolute atomic E-state index is 0.0132. The lowest BCUT2D eigenvalue weighted by molar-refractivity contribution is -0.140. The summed E-state index contributed by atoms with van der Waals surface area (Å²) < 4.78 is 34.4. The number of rotatable bonds is 13. The van der Waals surface area contributed by atoms with Crippen LogP contribution < -0.4 is 14.4 Å². The van der Waals surface area contributed by atoms with Crippen LogP contribution in [0.5, 0.6) is 5.75 Å². The lowest BCUT2D eigenvalue weighted by Gasteiger charge is -2.34. The van der Waals surface area contributed by atoms with Gasteiger partial charge in [0.15, 0.2) is 0 Å². The molecule has 0 aliphatic heterocycles. The van der Waals surface area contributed by atoms with Gasteiger partial charge in [0.1, 0.15) is 18.3 Å². The molecule has 236 valence electrons. The van der Waals surface area contributed by atoms with Crippen LogP contribution in [0.15, 0.2) is 108 Å². The topological polar surface area (TPSA) is 96.0 Å². The number of anilines is 1. The number of methoxy groups -OCH3 is 1. The molecule has 45 heavy (non-hydrogen) atoms. The molecule has 0 aliphatic carbocycles. The smallest absolute Gasteiger partial charge is 0.264 e. The van der Waals surface area contributed by atoms with Gasteiger partial charge < -0.3 is 15.0 Å². The normalized spacial score (nSPS) is 12.0. The number of amides is 2. The molecular weight excluding hydrogens is 633 g/mol. The number of benzene rings is 4. The number of ether oxygens (including phenoxy) is 1. The fourth-order valence-electron chi connectivity index (χ4n) is 4.77. The number of carbonyl (C=O) groups is 2. The summed E-state index contributed by atoms with van der Waals surface area (Å²) in [5, 5.41) is 3.66. The highest BCUT2D eigenvalue weighted by Gasteiger charge is 2.35. The highest BCUT2D eigenvalue weighted by Crippen LogP contribution is 2.28. The summed E-state index contributed by atoms with van der Waals surface area (Å²) in [5.41, 5.74) is 1.63. The largest absolute Gasteiger partial charge is 0.497 e. The number of halogens is 2. The molecule has 2 amide bonds. The van der Waals surface area contributed by atoms with Gasteiger partial charge in [0, 0.05) is 29.1 Å². The van der Waals surface area contributed by atoms with Gasteiger partial charge in [-0.2, -0.15) is 0 Å². The molecule has 0 aliphatic rings. The first kappa shape index (κ1) is 33.8. The van der Waals surface area contributed by atoms with Crippen molar-refractivity contribution in [3.8, 4) is 5.75 Å². The minimum atomic E-state index is -4.21. The lowest BCUT2D eigenvalue weighted by atomic mass is 10.0. The van der Waals surface area contributed by atoms with E-state index in [-0.39, 0.29) is 35.5 Å². The Kier molecular flexibility index (Phi) is 11.5. The number of nitrogens with one attached hydrogen (secondary N) is 1. The van der Waals surface area contributed by atoms with Crippen molar-refractivity contribution >= 4 is 50.7 Å². The molecule has 8 nitrogen and oxygen atoms in total.